The van der Waals surface area contributed by atoms with E-state index < -0.39 is 0 Å². The molecule has 0 N–H and O–H groups in total. The van der Waals surface area contributed by atoms with Crippen LogP contribution in [0.15, 0.2) is 24.5 Å². The summed E-state index contributed by atoms with van der Waals surface area (Å²) >= 11 is 0. The average Bonchev–Trinajstić information content (AvgIpc) is 2.97. The largest absolute Gasteiger partial charge is 0.380 e. The minimum atomic E-state index is -0.0233. The average molecular weight is 318 g/mol. The Balaban J connectivity index is 1.50. The molecule has 0 unspecified atom stereocenters. The number of hydrogen-bond acceptors (Lipinski definition) is 5. The van der Waals surface area contributed by atoms with Gasteiger partial charge in [0.2, 0.25) is 5.91 Å². The van der Waals surface area contributed by atoms with Crippen LogP contribution in [0.1, 0.15) is 12.0 Å². The Morgan fingerprint density at radius 1 is 1.35 bits per heavy atom. The van der Waals surface area contributed by atoms with E-state index in [-0.39, 0.29) is 18.1 Å². The van der Waals surface area contributed by atoms with E-state index in [1.165, 1.54) is 5.56 Å². The first-order valence-corrected chi connectivity index (χ1v) is 8.30. The van der Waals surface area contributed by atoms with Crippen LogP contribution in [0, 0.1) is 0 Å². The van der Waals surface area contributed by atoms with E-state index in [0.717, 1.165) is 45.7 Å². The van der Waals surface area contributed by atoms with Gasteiger partial charge < -0.3 is 9.64 Å². The first-order valence-electron chi connectivity index (χ1n) is 8.30. The lowest BCUT2D eigenvalue weighted by molar-refractivity contribution is -0.137. The van der Waals surface area contributed by atoms with Crippen LogP contribution in [-0.2, 0) is 16.1 Å². The first-order chi connectivity index (χ1) is 11.2. The Morgan fingerprint density at radius 3 is 2.74 bits per heavy atom. The Labute approximate surface area is 138 Å². The quantitative estimate of drug-likeness (QED) is 0.806. The molecular formula is C17H26N4O2. The molecule has 2 aliphatic heterocycles. The van der Waals surface area contributed by atoms with Crippen LogP contribution < -0.4 is 0 Å². The molecular weight excluding hydrogens is 292 g/mol. The minimum absolute atomic E-state index is 0.0233. The van der Waals surface area contributed by atoms with Gasteiger partial charge in [0, 0.05) is 58.8 Å². The van der Waals surface area contributed by atoms with Crippen molar-refractivity contribution in [2.24, 2.45) is 0 Å². The molecule has 2 fully saturated rings. The molecule has 0 saturated carbocycles. The number of likely N-dealkylation sites (tertiary alicyclic amines) is 1. The van der Waals surface area contributed by atoms with Crippen LogP contribution in [0.2, 0.25) is 0 Å². The SMILES string of the molecule is CO[C@H]1C[C@@H](C(=O)N2CCN(Cc3cccnc3)CC2)N(C)C1. The van der Waals surface area contributed by atoms with E-state index in [0.29, 0.717) is 0 Å². The highest BCUT2D eigenvalue weighted by atomic mass is 16.5. The molecule has 1 aromatic rings. The molecule has 1 aromatic heterocycles. The molecule has 0 spiro atoms. The van der Waals surface area contributed by atoms with Gasteiger partial charge in [-0.3, -0.25) is 19.6 Å². The third-order valence-electron chi connectivity index (χ3n) is 4.94. The van der Waals surface area contributed by atoms with E-state index >= 15 is 0 Å². The van der Waals surface area contributed by atoms with Crippen LogP contribution in [0.4, 0.5) is 0 Å². The van der Waals surface area contributed by atoms with Crippen LogP contribution in [0.5, 0.6) is 0 Å². The predicted molar refractivity (Wildman–Crippen MR) is 87.9 cm³/mol. The van der Waals surface area contributed by atoms with Gasteiger partial charge in [-0.25, -0.2) is 0 Å². The maximum atomic E-state index is 12.7. The van der Waals surface area contributed by atoms with Crippen molar-refractivity contribution >= 4 is 5.91 Å². The molecule has 3 rings (SSSR count). The van der Waals surface area contributed by atoms with Crippen molar-refractivity contribution in [3.05, 3.63) is 30.1 Å². The van der Waals surface area contributed by atoms with Gasteiger partial charge in [-0.15, -0.1) is 0 Å². The number of methoxy groups -OCH3 is 1. The van der Waals surface area contributed by atoms with E-state index in [2.05, 4.69) is 20.9 Å². The van der Waals surface area contributed by atoms with Gasteiger partial charge in [-0.2, -0.15) is 0 Å². The van der Waals surface area contributed by atoms with Crippen molar-refractivity contribution in [2.45, 2.75) is 25.1 Å². The second-order valence-electron chi connectivity index (χ2n) is 6.51. The lowest BCUT2D eigenvalue weighted by atomic mass is 10.1. The molecule has 6 heteroatoms. The van der Waals surface area contributed by atoms with Gasteiger partial charge >= 0.3 is 0 Å². The molecule has 2 aliphatic rings. The highest BCUT2D eigenvalue weighted by Crippen LogP contribution is 2.21. The number of hydrogen-bond donors (Lipinski definition) is 0. The smallest absolute Gasteiger partial charge is 0.240 e. The third kappa shape index (κ3) is 3.88. The molecule has 2 saturated heterocycles. The van der Waals surface area contributed by atoms with Crippen molar-refractivity contribution in [1.82, 2.24) is 19.7 Å². The zero-order chi connectivity index (χ0) is 16.2. The van der Waals surface area contributed by atoms with Crippen molar-refractivity contribution in [1.29, 1.82) is 0 Å². The van der Waals surface area contributed by atoms with Crippen molar-refractivity contribution < 1.29 is 9.53 Å². The van der Waals surface area contributed by atoms with E-state index in [1.54, 1.807) is 13.3 Å². The maximum absolute atomic E-state index is 12.7. The maximum Gasteiger partial charge on any atom is 0.240 e. The molecule has 0 bridgehead atoms. The van der Waals surface area contributed by atoms with Crippen LogP contribution >= 0.6 is 0 Å². The molecule has 3 heterocycles. The number of carbonyl (C=O) groups is 1. The fraction of sp³-hybridized carbons (Fsp3) is 0.647. The fourth-order valence-electron chi connectivity index (χ4n) is 3.50. The summed E-state index contributed by atoms with van der Waals surface area (Å²) in [5, 5.41) is 0. The number of nitrogens with zero attached hydrogens (tertiary/aromatic N) is 4. The second-order valence-corrected chi connectivity index (χ2v) is 6.51. The number of piperazine rings is 1. The zero-order valence-electron chi connectivity index (χ0n) is 14.0. The van der Waals surface area contributed by atoms with Crippen molar-refractivity contribution in [3.8, 4) is 0 Å². The zero-order valence-corrected chi connectivity index (χ0v) is 14.0. The summed E-state index contributed by atoms with van der Waals surface area (Å²) in [4.78, 5) is 23.4. The van der Waals surface area contributed by atoms with Gasteiger partial charge in [-0.05, 0) is 25.1 Å². The molecule has 2 atom stereocenters. The van der Waals surface area contributed by atoms with Gasteiger partial charge in [-0.1, -0.05) is 6.07 Å². The van der Waals surface area contributed by atoms with Crippen molar-refractivity contribution in [2.75, 3.05) is 46.9 Å². The number of aromatic nitrogens is 1. The summed E-state index contributed by atoms with van der Waals surface area (Å²) in [6.45, 7) is 5.20. The third-order valence-corrected chi connectivity index (χ3v) is 4.94. The Hall–Kier alpha value is -1.50. The van der Waals surface area contributed by atoms with E-state index in [9.17, 15) is 4.79 Å². The lowest BCUT2D eigenvalue weighted by Gasteiger charge is -2.36. The normalized spacial score (nSPS) is 26.6. The van der Waals surface area contributed by atoms with Crippen molar-refractivity contribution in [3.63, 3.8) is 0 Å². The molecule has 0 aliphatic carbocycles. The monoisotopic (exact) mass is 318 g/mol. The number of likely N-dealkylation sites (N-methyl/N-ethyl adjacent to an activating group) is 1. The van der Waals surface area contributed by atoms with E-state index in [1.807, 2.05) is 24.2 Å². The second kappa shape index (κ2) is 7.38. The molecule has 6 nitrogen and oxygen atoms in total. The summed E-state index contributed by atoms with van der Waals surface area (Å²) in [6, 6.07) is 4.05. The van der Waals surface area contributed by atoms with Gasteiger partial charge in [0.15, 0.2) is 0 Å². The van der Waals surface area contributed by atoms with Gasteiger partial charge in [0.1, 0.15) is 0 Å². The fourth-order valence-corrected chi connectivity index (χ4v) is 3.50. The molecule has 126 valence electrons. The summed E-state index contributed by atoms with van der Waals surface area (Å²) in [5.41, 5.74) is 1.23. The lowest BCUT2D eigenvalue weighted by Crippen LogP contribution is -2.52. The number of ether oxygens (including phenoxy) is 1. The number of rotatable bonds is 4. The highest BCUT2D eigenvalue weighted by molar-refractivity contribution is 5.82. The minimum Gasteiger partial charge on any atom is -0.380 e. The molecule has 0 aromatic carbocycles. The van der Waals surface area contributed by atoms with Gasteiger partial charge in [0.05, 0.1) is 12.1 Å². The summed E-state index contributed by atoms with van der Waals surface area (Å²) in [5.74, 6) is 0.257. The summed E-state index contributed by atoms with van der Waals surface area (Å²) < 4.78 is 5.41. The van der Waals surface area contributed by atoms with Crippen LogP contribution in [0.25, 0.3) is 0 Å². The standard InChI is InChI=1S/C17H26N4O2/c1-19-13-15(23-2)10-16(19)17(22)21-8-6-20(7-9-21)12-14-4-3-5-18-11-14/h3-5,11,15-16H,6-10,12-13H2,1-2H3/t15-,16-/m0/s1. The molecule has 1 amide bonds. The number of pyridine rings is 1. The predicted octanol–water partition coefficient (Wildman–Crippen LogP) is 0.445. The summed E-state index contributed by atoms with van der Waals surface area (Å²) in [7, 11) is 3.74. The Morgan fingerprint density at radius 2 is 2.13 bits per heavy atom. The highest BCUT2D eigenvalue weighted by Gasteiger charge is 2.37. The first kappa shape index (κ1) is 16.4. The van der Waals surface area contributed by atoms with Crippen LogP contribution in [0.3, 0.4) is 0 Å². The van der Waals surface area contributed by atoms with E-state index in [4.69, 9.17) is 4.74 Å². The number of amides is 1. The Bertz CT molecular complexity index is 517. The molecule has 23 heavy (non-hydrogen) atoms. The summed E-state index contributed by atoms with van der Waals surface area (Å²) in [6.07, 6.45) is 4.70. The number of carbonyl (C=O) groups excluding carboxylic acids is 1. The van der Waals surface area contributed by atoms with Crippen LogP contribution in [-0.4, -0.2) is 84.6 Å². The topological polar surface area (TPSA) is 48.9 Å². The Kier molecular flexibility index (Phi) is 5.25. The van der Waals surface area contributed by atoms with Gasteiger partial charge in [0.25, 0.3) is 0 Å². The molecule has 0 radical (unpaired) electrons.